The van der Waals surface area contributed by atoms with Crippen molar-refractivity contribution in [3.05, 3.63) is 96.1 Å². The lowest BCUT2D eigenvalue weighted by molar-refractivity contribution is -0.112. The lowest BCUT2D eigenvalue weighted by Gasteiger charge is -2.30. The first-order valence-corrected chi connectivity index (χ1v) is 18.9. The topological polar surface area (TPSA) is 85.7 Å². The fraction of sp³-hybridized carbons (Fsp3) is 0.400. The minimum atomic E-state index is -1.21. The highest BCUT2D eigenvalue weighted by Crippen LogP contribution is 2.32. The molecule has 1 aromatic heterocycles. The van der Waals surface area contributed by atoms with E-state index >= 15 is 0 Å². The van der Waals surface area contributed by atoms with E-state index in [0.717, 1.165) is 79.3 Å². The number of benzene rings is 3. The first-order chi connectivity index (χ1) is 23.9. The molecular weight excluding hydrogens is 633 g/mol. The molecule has 9 heteroatoms. The average Bonchev–Trinajstić information content (AvgIpc) is 3.57. The van der Waals surface area contributed by atoms with Gasteiger partial charge in [-0.1, -0.05) is 38.5 Å². The summed E-state index contributed by atoms with van der Waals surface area (Å²) >= 11 is 0. The van der Waals surface area contributed by atoms with E-state index in [0.29, 0.717) is 35.1 Å². The zero-order valence-electron chi connectivity index (χ0n) is 29.2. The van der Waals surface area contributed by atoms with E-state index in [-0.39, 0.29) is 5.91 Å². The molecule has 2 heterocycles. The molecule has 0 radical (unpaired) electrons. The third-order valence-corrected chi connectivity index (χ3v) is 10.1. The van der Waals surface area contributed by atoms with Crippen LogP contribution in [0.15, 0.2) is 89.7 Å². The van der Waals surface area contributed by atoms with Crippen molar-refractivity contribution in [2.75, 3.05) is 43.1 Å². The van der Waals surface area contributed by atoms with Crippen LogP contribution in [0.5, 0.6) is 5.75 Å². The second-order valence-corrected chi connectivity index (χ2v) is 14.0. The number of rotatable bonds is 17. The highest BCUT2D eigenvalue weighted by molar-refractivity contribution is 7.84. The number of piperidine rings is 1. The van der Waals surface area contributed by atoms with Crippen molar-refractivity contribution in [1.29, 1.82) is 0 Å². The molecule has 1 aliphatic rings. The van der Waals surface area contributed by atoms with E-state index in [1.165, 1.54) is 19.3 Å². The Labute approximate surface area is 294 Å². The van der Waals surface area contributed by atoms with E-state index < -0.39 is 10.8 Å². The molecule has 1 fully saturated rings. The van der Waals surface area contributed by atoms with Crippen LogP contribution in [0.3, 0.4) is 0 Å². The van der Waals surface area contributed by atoms with Gasteiger partial charge in [0, 0.05) is 54.3 Å². The van der Waals surface area contributed by atoms with Gasteiger partial charge in [-0.15, -0.1) is 0 Å². The number of aryl methyl sites for hydroxylation is 1. The van der Waals surface area contributed by atoms with Crippen LogP contribution in [0, 0.1) is 0 Å². The zero-order valence-corrected chi connectivity index (χ0v) is 30.0. The van der Waals surface area contributed by atoms with Crippen LogP contribution in [-0.2, 0) is 32.6 Å². The van der Waals surface area contributed by atoms with E-state index in [4.69, 9.17) is 9.47 Å². The highest BCUT2D eigenvalue weighted by Gasteiger charge is 2.16. The number of anilines is 2. The molecule has 8 nitrogen and oxygen atoms in total. The molecule has 1 amide bonds. The summed E-state index contributed by atoms with van der Waals surface area (Å²) in [5.41, 5.74) is 6.55. The number of unbranched alkanes of at least 4 members (excludes halogenated alkanes) is 1. The van der Waals surface area contributed by atoms with Crippen LogP contribution in [-0.4, -0.2) is 52.6 Å². The second kappa shape index (κ2) is 18.5. The van der Waals surface area contributed by atoms with Crippen LogP contribution in [0.4, 0.5) is 11.4 Å². The number of hydrogen-bond acceptors (Lipinski definition) is 6. The summed E-state index contributed by atoms with van der Waals surface area (Å²) in [5, 5.41) is 3.03. The summed E-state index contributed by atoms with van der Waals surface area (Å²) in [6, 6.07) is 21.9. The Morgan fingerprint density at radius 2 is 1.67 bits per heavy atom. The number of ether oxygens (including phenoxy) is 2. The Hall–Kier alpha value is -4.21. The Bertz CT molecular complexity index is 1690. The molecule has 260 valence electrons. The fourth-order valence-electron chi connectivity index (χ4n) is 5.93. The van der Waals surface area contributed by atoms with Gasteiger partial charge in [-0.05, 0) is 110 Å². The first-order valence-electron chi connectivity index (χ1n) is 17.6. The smallest absolute Gasteiger partial charge is 0.251 e. The van der Waals surface area contributed by atoms with Crippen molar-refractivity contribution in [2.24, 2.45) is 0 Å². The Morgan fingerprint density at radius 1 is 0.918 bits per heavy atom. The van der Waals surface area contributed by atoms with Gasteiger partial charge in [0.1, 0.15) is 12.4 Å². The van der Waals surface area contributed by atoms with Gasteiger partial charge in [0.2, 0.25) is 0 Å². The molecule has 1 N–H and O–H groups in total. The third kappa shape index (κ3) is 10.4. The number of imidazole rings is 1. The van der Waals surface area contributed by atoms with Crippen molar-refractivity contribution in [3.8, 4) is 16.9 Å². The van der Waals surface area contributed by atoms with Gasteiger partial charge >= 0.3 is 0 Å². The third-order valence-electron chi connectivity index (χ3n) is 8.70. The van der Waals surface area contributed by atoms with Crippen LogP contribution < -0.4 is 15.0 Å². The maximum absolute atomic E-state index is 13.4. The van der Waals surface area contributed by atoms with Gasteiger partial charge in [-0.2, -0.15) is 0 Å². The molecule has 0 bridgehead atoms. The Balaban J connectivity index is 1.27. The predicted octanol–water partition coefficient (Wildman–Crippen LogP) is 8.50. The number of carbonyl (C=O) groups excluding carboxylic acids is 1. The number of nitrogens with one attached hydrogen (secondary N) is 1. The molecule has 49 heavy (non-hydrogen) atoms. The maximum atomic E-state index is 13.4. The van der Waals surface area contributed by atoms with Crippen molar-refractivity contribution in [3.63, 3.8) is 0 Å². The summed E-state index contributed by atoms with van der Waals surface area (Å²) in [5.74, 6) is 1.05. The molecule has 1 atom stereocenters. The summed E-state index contributed by atoms with van der Waals surface area (Å²) in [6.07, 6.45) is 12.3. The van der Waals surface area contributed by atoms with Gasteiger partial charge in [0.05, 0.1) is 35.2 Å². The number of nitrogens with zero attached hydrogens (tertiary/aromatic N) is 3. The van der Waals surface area contributed by atoms with E-state index in [1.54, 1.807) is 12.5 Å². The average molecular weight is 683 g/mol. The van der Waals surface area contributed by atoms with Gasteiger partial charge in [-0.25, -0.2) is 4.98 Å². The molecule has 1 aliphatic heterocycles. The second-order valence-electron chi connectivity index (χ2n) is 12.5. The summed E-state index contributed by atoms with van der Waals surface area (Å²) < 4.78 is 26.6. The number of carbonyl (C=O) groups is 1. The molecule has 0 unspecified atom stereocenters. The minimum Gasteiger partial charge on any atom is -0.491 e. The van der Waals surface area contributed by atoms with Crippen molar-refractivity contribution >= 4 is 34.2 Å². The molecule has 0 saturated carbocycles. The largest absolute Gasteiger partial charge is 0.491 e. The first kappa shape index (κ1) is 36.1. The van der Waals surface area contributed by atoms with Crippen molar-refractivity contribution in [1.82, 2.24) is 9.55 Å². The standard InChI is InChI=1S/C40H50N4O4S/c1-4-6-23-47-24-25-48-37-15-10-32(11-16-37)33-12-19-39(43-21-8-7-9-22-43)34(27-33)26-31(3)40(45)42-35-13-17-38(18-14-35)49(46)29-36-28-41-30-44(36)20-5-2/h10-19,26-28,30H,4-9,20-25,29H2,1-3H3,(H,42,45)/b31-26+/t49-/m0/s1. The minimum absolute atomic E-state index is 0.174. The van der Waals surface area contributed by atoms with Crippen molar-refractivity contribution in [2.45, 2.75) is 76.5 Å². The normalized spacial score (nSPS) is 14.1. The van der Waals surface area contributed by atoms with E-state index in [9.17, 15) is 9.00 Å². The SMILES string of the molecule is CCCCOCCOc1ccc(-c2ccc(N3CCCCC3)c(/C=C(\C)C(=O)Nc3ccc([S@@](=O)Cc4cncn4CCC)cc3)c2)cc1. The van der Waals surface area contributed by atoms with Crippen LogP contribution in [0.2, 0.25) is 0 Å². The van der Waals surface area contributed by atoms with Gasteiger partial charge in [0.25, 0.3) is 5.91 Å². The van der Waals surface area contributed by atoms with Gasteiger partial charge in [-0.3, -0.25) is 9.00 Å². The molecule has 0 spiro atoms. The summed E-state index contributed by atoms with van der Waals surface area (Å²) in [7, 11) is -1.21. The molecule has 5 rings (SSSR count). The molecule has 3 aromatic carbocycles. The van der Waals surface area contributed by atoms with Crippen LogP contribution in [0.1, 0.15) is 70.6 Å². The van der Waals surface area contributed by atoms with E-state index in [2.05, 4.69) is 59.4 Å². The zero-order chi connectivity index (χ0) is 34.4. The molecular formula is C40H50N4O4S. The van der Waals surface area contributed by atoms with Gasteiger partial charge in [0.15, 0.2) is 0 Å². The van der Waals surface area contributed by atoms with Gasteiger partial charge < -0.3 is 24.3 Å². The maximum Gasteiger partial charge on any atom is 0.251 e. The number of aromatic nitrogens is 2. The lowest BCUT2D eigenvalue weighted by atomic mass is 9.98. The molecule has 0 aliphatic carbocycles. The number of hydrogen-bond donors (Lipinski definition) is 1. The number of amides is 1. The quantitative estimate of drug-likeness (QED) is 0.0888. The van der Waals surface area contributed by atoms with Crippen LogP contribution >= 0.6 is 0 Å². The monoisotopic (exact) mass is 682 g/mol. The fourth-order valence-corrected chi connectivity index (χ4v) is 7.05. The summed E-state index contributed by atoms with van der Waals surface area (Å²) in [6.45, 7) is 10.9. The molecule has 1 saturated heterocycles. The van der Waals surface area contributed by atoms with Crippen LogP contribution in [0.25, 0.3) is 17.2 Å². The van der Waals surface area contributed by atoms with Crippen molar-refractivity contribution < 1.29 is 18.5 Å². The predicted molar refractivity (Wildman–Crippen MR) is 201 cm³/mol. The Morgan fingerprint density at radius 3 is 2.41 bits per heavy atom. The molecule has 4 aromatic rings. The lowest BCUT2D eigenvalue weighted by Crippen LogP contribution is -2.30. The summed E-state index contributed by atoms with van der Waals surface area (Å²) in [4.78, 5) is 20.8. The van der Waals surface area contributed by atoms with E-state index in [1.807, 2.05) is 54.0 Å². The highest BCUT2D eigenvalue weighted by atomic mass is 32.2. The Kier molecular flexibility index (Phi) is 13.6.